The Labute approximate surface area is 154 Å². The summed E-state index contributed by atoms with van der Waals surface area (Å²) < 4.78 is 16.4. The fraction of sp³-hybridized carbons (Fsp3) is 0.778. The van der Waals surface area contributed by atoms with E-state index in [0.29, 0.717) is 0 Å². The van der Waals surface area contributed by atoms with Crippen LogP contribution in [0.5, 0.6) is 0 Å². The molecule has 0 radical (unpaired) electrons. The van der Waals surface area contributed by atoms with Crippen LogP contribution >= 0.6 is 0 Å². The summed E-state index contributed by atoms with van der Waals surface area (Å²) in [7, 11) is 0. The van der Waals surface area contributed by atoms with Gasteiger partial charge in [0, 0.05) is 16.9 Å². The summed E-state index contributed by atoms with van der Waals surface area (Å²) in [5.41, 5.74) is -2.03. The van der Waals surface area contributed by atoms with Gasteiger partial charge in [-0.15, -0.1) is 0 Å². The highest BCUT2D eigenvalue weighted by molar-refractivity contribution is 5.85. The van der Waals surface area contributed by atoms with Crippen LogP contribution in [0, 0.1) is 16.7 Å². The zero-order valence-corrected chi connectivity index (χ0v) is 15.0. The summed E-state index contributed by atoms with van der Waals surface area (Å²) in [4.78, 5) is 25.0. The summed E-state index contributed by atoms with van der Waals surface area (Å²) >= 11 is 0. The molecule has 0 aromatic carbocycles. The zero-order valence-electron chi connectivity index (χ0n) is 15.0. The van der Waals surface area contributed by atoms with Crippen LogP contribution in [0.3, 0.4) is 0 Å². The molecule has 5 rings (SSSR count). The molecule has 9 heteroatoms. The summed E-state index contributed by atoms with van der Waals surface area (Å²) in [5, 5.41) is 42.5. The minimum absolute atomic E-state index is 0.156. The van der Waals surface area contributed by atoms with Crippen molar-refractivity contribution in [2.75, 3.05) is 0 Å². The molecule has 2 aliphatic carbocycles. The Morgan fingerprint density at radius 1 is 1.04 bits per heavy atom. The third kappa shape index (κ3) is 1.73. The summed E-state index contributed by atoms with van der Waals surface area (Å²) in [6.45, 7) is 4.73. The van der Waals surface area contributed by atoms with Gasteiger partial charge < -0.3 is 34.6 Å². The number of cyclic esters (lactones) is 1. The van der Waals surface area contributed by atoms with Crippen molar-refractivity contribution in [2.24, 2.45) is 16.7 Å². The lowest BCUT2D eigenvalue weighted by Gasteiger charge is -2.55. The average molecular weight is 382 g/mol. The number of aliphatic hydroxyl groups is 4. The van der Waals surface area contributed by atoms with E-state index in [9.17, 15) is 30.0 Å². The topological polar surface area (TPSA) is 146 Å². The highest BCUT2D eigenvalue weighted by Crippen LogP contribution is 2.69. The Hall–Kier alpha value is -1.52. The van der Waals surface area contributed by atoms with Crippen molar-refractivity contribution in [1.29, 1.82) is 0 Å². The smallest absolute Gasteiger partial charge is 0.340 e. The molecule has 3 fully saturated rings. The second kappa shape index (κ2) is 4.90. The standard InChI is InChI=1S/C18H22O9/c1-4(19)9-5-6(8(21)15(23)26-9)17(2)12-10(7(5)20)27-16(24)18(12,3)13(22)11-14(17)25-11/h4,7-14,19-22H,1-3H3/t4-,7+,8-,9+,10-,11+,12-,13+,14+,17-,18-/m1/s1. The summed E-state index contributed by atoms with van der Waals surface area (Å²) in [6, 6.07) is 0. The van der Waals surface area contributed by atoms with E-state index in [1.165, 1.54) is 6.92 Å². The van der Waals surface area contributed by atoms with Crippen LogP contribution in [0.15, 0.2) is 11.1 Å². The van der Waals surface area contributed by atoms with Gasteiger partial charge >= 0.3 is 11.9 Å². The Morgan fingerprint density at radius 2 is 1.70 bits per heavy atom. The number of ether oxygens (including phenoxy) is 3. The van der Waals surface area contributed by atoms with Crippen molar-refractivity contribution in [3.05, 3.63) is 11.1 Å². The number of esters is 2. The van der Waals surface area contributed by atoms with E-state index in [4.69, 9.17) is 14.2 Å². The third-order valence-electron chi connectivity index (χ3n) is 7.35. The zero-order chi connectivity index (χ0) is 19.6. The number of carbonyl (C=O) groups excluding carboxylic acids is 2. The first kappa shape index (κ1) is 17.6. The Morgan fingerprint density at radius 3 is 2.33 bits per heavy atom. The van der Waals surface area contributed by atoms with E-state index in [0.717, 1.165) is 0 Å². The lowest BCUT2D eigenvalue weighted by molar-refractivity contribution is -0.171. The van der Waals surface area contributed by atoms with Crippen LogP contribution in [0.1, 0.15) is 20.8 Å². The number of hydrogen-bond acceptors (Lipinski definition) is 9. The van der Waals surface area contributed by atoms with Crippen LogP contribution in [-0.2, 0) is 23.8 Å². The van der Waals surface area contributed by atoms with Gasteiger partial charge in [-0.25, -0.2) is 4.79 Å². The maximum Gasteiger partial charge on any atom is 0.340 e. The molecular weight excluding hydrogens is 360 g/mol. The van der Waals surface area contributed by atoms with E-state index >= 15 is 0 Å². The molecule has 11 atom stereocenters. The fourth-order valence-corrected chi connectivity index (χ4v) is 6.14. The molecule has 0 spiro atoms. The normalized spacial score (nSPS) is 56.6. The van der Waals surface area contributed by atoms with Crippen molar-refractivity contribution in [2.45, 2.75) is 69.6 Å². The van der Waals surface area contributed by atoms with E-state index in [-0.39, 0.29) is 11.1 Å². The van der Waals surface area contributed by atoms with Gasteiger partial charge in [0.25, 0.3) is 0 Å². The molecule has 0 amide bonds. The monoisotopic (exact) mass is 382 g/mol. The number of rotatable bonds is 1. The Bertz CT molecular complexity index is 790. The van der Waals surface area contributed by atoms with Gasteiger partial charge in [-0.2, -0.15) is 0 Å². The molecule has 3 aliphatic heterocycles. The van der Waals surface area contributed by atoms with E-state index in [1.807, 2.05) is 0 Å². The lowest BCUT2D eigenvalue weighted by atomic mass is 9.47. The van der Waals surface area contributed by atoms with Gasteiger partial charge in [-0.3, -0.25) is 4.79 Å². The molecule has 0 unspecified atom stereocenters. The molecule has 1 saturated carbocycles. The maximum absolute atomic E-state index is 12.7. The van der Waals surface area contributed by atoms with Gasteiger partial charge in [-0.1, -0.05) is 6.92 Å². The van der Waals surface area contributed by atoms with E-state index in [2.05, 4.69) is 0 Å². The quantitative estimate of drug-likeness (QED) is 0.230. The van der Waals surface area contributed by atoms with Crippen LogP contribution in [0.25, 0.3) is 0 Å². The van der Waals surface area contributed by atoms with Crippen molar-refractivity contribution < 1.29 is 44.2 Å². The van der Waals surface area contributed by atoms with E-state index in [1.54, 1.807) is 13.8 Å². The molecule has 0 bridgehead atoms. The molecule has 3 heterocycles. The fourth-order valence-electron chi connectivity index (χ4n) is 6.14. The van der Waals surface area contributed by atoms with Gasteiger partial charge in [0.15, 0.2) is 12.2 Å². The van der Waals surface area contributed by atoms with Gasteiger partial charge in [-0.05, 0) is 19.4 Å². The van der Waals surface area contributed by atoms with Crippen LogP contribution in [0.4, 0.5) is 0 Å². The van der Waals surface area contributed by atoms with Crippen LogP contribution < -0.4 is 0 Å². The maximum atomic E-state index is 12.7. The minimum Gasteiger partial charge on any atom is -0.458 e. The minimum atomic E-state index is -1.66. The Kier molecular flexibility index (Phi) is 3.19. The van der Waals surface area contributed by atoms with Gasteiger partial charge in [0.2, 0.25) is 0 Å². The largest absolute Gasteiger partial charge is 0.458 e. The molecule has 5 aliphatic rings. The summed E-state index contributed by atoms with van der Waals surface area (Å²) in [5.74, 6) is -2.29. The Balaban J connectivity index is 1.79. The number of fused-ring (bicyclic) bond motifs is 3. The molecule has 0 aromatic rings. The number of aliphatic hydroxyl groups excluding tert-OH is 4. The second-order valence-electron chi connectivity index (χ2n) is 8.69. The number of carbonyl (C=O) groups is 2. The molecule has 0 aromatic heterocycles. The first-order valence-electron chi connectivity index (χ1n) is 9.10. The van der Waals surface area contributed by atoms with Crippen molar-refractivity contribution in [1.82, 2.24) is 0 Å². The van der Waals surface area contributed by atoms with Crippen molar-refractivity contribution in [3.8, 4) is 0 Å². The third-order valence-corrected chi connectivity index (χ3v) is 7.35. The molecule has 4 N–H and O–H groups in total. The molecule has 2 saturated heterocycles. The SMILES string of the molecule is C[C@@H](O)[C@@H]1OC(=O)[C@H](O)C2=C1[C@H](O)[C@H]1OC(=O)[C@]3(C)[C@H]1[C@]2(C)[C@H]1O[C@H]1[C@@H]3O. The number of hydrogen-bond donors (Lipinski definition) is 4. The van der Waals surface area contributed by atoms with E-state index < -0.39 is 77.5 Å². The predicted molar refractivity (Wildman–Crippen MR) is 84.9 cm³/mol. The highest BCUT2D eigenvalue weighted by Gasteiger charge is 2.81. The lowest BCUT2D eigenvalue weighted by Crippen LogP contribution is -2.66. The second-order valence-corrected chi connectivity index (χ2v) is 8.69. The van der Waals surface area contributed by atoms with Crippen LogP contribution in [-0.4, -0.2) is 81.2 Å². The molecule has 27 heavy (non-hydrogen) atoms. The first-order valence-corrected chi connectivity index (χ1v) is 9.10. The summed E-state index contributed by atoms with van der Waals surface area (Å²) in [6.07, 6.45) is -8.65. The molecule has 148 valence electrons. The first-order chi connectivity index (χ1) is 12.6. The average Bonchev–Trinajstić information content (AvgIpc) is 3.35. The van der Waals surface area contributed by atoms with Gasteiger partial charge in [0.05, 0.1) is 18.3 Å². The van der Waals surface area contributed by atoms with Crippen molar-refractivity contribution >= 4 is 11.9 Å². The highest BCUT2D eigenvalue weighted by atomic mass is 16.6. The van der Waals surface area contributed by atoms with Gasteiger partial charge in [0.1, 0.15) is 23.7 Å². The van der Waals surface area contributed by atoms with Crippen molar-refractivity contribution in [3.63, 3.8) is 0 Å². The van der Waals surface area contributed by atoms with Crippen LogP contribution in [0.2, 0.25) is 0 Å². The number of epoxide rings is 1. The predicted octanol–water partition coefficient (Wildman–Crippen LogP) is -1.98. The molecule has 9 nitrogen and oxygen atoms in total. The molecular formula is C18H22O9.